The van der Waals surface area contributed by atoms with Crippen LogP contribution in [0.2, 0.25) is 78.6 Å². The number of benzene rings is 9. The quantitative estimate of drug-likeness (QED) is 0.126. The minimum Gasteiger partial charge on any atom is -0.424 e. The van der Waals surface area contributed by atoms with Gasteiger partial charge >= 0.3 is 0 Å². The first-order chi connectivity index (χ1) is 37.3. The van der Waals surface area contributed by atoms with Crippen molar-refractivity contribution in [3.8, 4) is 0 Å². The molecule has 0 unspecified atom stereocenters. The second-order valence-corrected chi connectivity index (χ2v) is 45.8. The first-order valence-electron chi connectivity index (χ1n) is 28.0. The van der Waals surface area contributed by atoms with Crippen molar-refractivity contribution >= 4 is 159 Å². The van der Waals surface area contributed by atoms with Crippen LogP contribution in [0.4, 0.5) is 79.6 Å². The lowest BCUT2D eigenvalue weighted by Gasteiger charge is -2.50. The van der Waals surface area contributed by atoms with Crippen LogP contribution in [-0.4, -0.2) is 46.4 Å². The maximum absolute atomic E-state index is 2.91. The third-order valence-electron chi connectivity index (χ3n) is 16.3. The van der Waals surface area contributed by atoms with Crippen molar-refractivity contribution < 1.29 is 0 Å². The van der Waals surface area contributed by atoms with E-state index >= 15 is 0 Å². The zero-order chi connectivity index (χ0) is 54.2. The highest BCUT2D eigenvalue weighted by Gasteiger charge is 2.50. The molecule has 0 saturated heterocycles. The largest absolute Gasteiger partial charge is 0.424 e. The van der Waals surface area contributed by atoms with E-state index in [2.05, 4.69) is 313 Å². The summed E-state index contributed by atoms with van der Waals surface area (Å²) in [5.74, 6) is 0. The Morgan fingerprint density at radius 3 is 0.795 bits per heavy atom. The lowest BCUT2D eigenvalue weighted by molar-refractivity contribution is 1.22. The number of anilines is 14. The van der Waals surface area contributed by atoms with Crippen LogP contribution in [0.5, 0.6) is 0 Å². The molecule has 0 N–H and O–H groups in total. The number of para-hydroxylation sites is 6. The topological polar surface area (TPSA) is 19.4 Å². The Balaban J connectivity index is 1.18. The Morgan fingerprint density at radius 2 is 0.513 bits per heavy atom. The highest BCUT2D eigenvalue weighted by Crippen LogP contribution is 2.51. The molecule has 0 saturated carbocycles. The standard InChI is InChI=1S/C66H70B2N6Si4/c1-75(2,3)73(76(4,5)6)51-41-61-65-63(43-51)71(49-33-21-15-22-34-49)59-46-60-56(45-55(59)67(65)53-37-25-27-39-57(53)69(61)47-29-17-13-18-30-47)68-54-38-26-28-40-58(54)70(48-31-19-14-20-32-48)62-42-52(74(77(7,8)9)78(10,11)12)44-64(66(62)68)72(60)50-35-23-16-24-36-50/h13-46H,1-12H3. The second-order valence-electron chi connectivity index (χ2n) is 25.8. The van der Waals surface area contributed by atoms with Gasteiger partial charge in [0.05, 0.1) is 0 Å². The van der Waals surface area contributed by atoms with Gasteiger partial charge in [-0.05, 0) is 124 Å². The number of nitrogens with zero attached hydrogens (tertiary/aromatic N) is 6. The van der Waals surface area contributed by atoms with Crippen molar-refractivity contribution in [1.82, 2.24) is 0 Å². The summed E-state index contributed by atoms with van der Waals surface area (Å²) >= 11 is 0. The molecule has 0 spiro atoms. The Kier molecular flexibility index (Phi) is 11.7. The molecule has 78 heavy (non-hydrogen) atoms. The Hall–Kier alpha value is -7.22. The molecule has 13 rings (SSSR count). The summed E-state index contributed by atoms with van der Waals surface area (Å²) in [5.41, 5.74) is 25.2. The van der Waals surface area contributed by atoms with Gasteiger partial charge in [0.25, 0.3) is 13.4 Å². The third-order valence-corrected chi connectivity index (χ3v) is 30.7. The van der Waals surface area contributed by atoms with Gasteiger partial charge in [0.2, 0.25) is 0 Å². The summed E-state index contributed by atoms with van der Waals surface area (Å²) in [7, 11) is -7.77. The van der Waals surface area contributed by atoms with Crippen LogP contribution in [0.1, 0.15) is 0 Å². The van der Waals surface area contributed by atoms with Crippen LogP contribution in [0.3, 0.4) is 0 Å². The molecular weight excluding hydrogens is 1010 g/mol. The highest BCUT2D eigenvalue weighted by molar-refractivity contribution is 7.04. The maximum atomic E-state index is 2.91. The smallest absolute Gasteiger partial charge is 0.252 e. The van der Waals surface area contributed by atoms with E-state index in [-0.39, 0.29) is 13.4 Å². The molecule has 0 radical (unpaired) electrons. The molecule has 12 heteroatoms. The monoisotopic (exact) mass is 1080 g/mol. The average Bonchev–Trinajstić information content (AvgIpc) is 3.39. The molecule has 4 aliphatic heterocycles. The maximum Gasteiger partial charge on any atom is 0.252 e. The van der Waals surface area contributed by atoms with Gasteiger partial charge in [-0.15, -0.1) is 0 Å². The predicted octanol–water partition coefficient (Wildman–Crippen LogP) is 14.8. The lowest BCUT2D eigenvalue weighted by atomic mass is 9.30. The summed E-state index contributed by atoms with van der Waals surface area (Å²) in [6.07, 6.45) is 0. The van der Waals surface area contributed by atoms with Crippen LogP contribution in [0, 0.1) is 0 Å². The number of rotatable bonds is 10. The fourth-order valence-electron chi connectivity index (χ4n) is 14.6. The van der Waals surface area contributed by atoms with Crippen molar-refractivity contribution in [1.29, 1.82) is 0 Å². The van der Waals surface area contributed by atoms with Gasteiger partial charge in [-0.25, -0.2) is 0 Å². The second kappa shape index (κ2) is 18.2. The average molecular weight is 1080 g/mol. The number of hydrogen-bond donors (Lipinski definition) is 0. The van der Waals surface area contributed by atoms with Gasteiger partial charge < -0.3 is 28.1 Å². The molecule has 0 aromatic heterocycles. The first kappa shape index (κ1) is 50.3. The first-order valence-corrected chi connectivity index (χ1v) is 41.8. The van der Waals surface area contributed by atoms with Gasteiger partial charge in [-0.3, -0.25) is 0 Å². The van der Waals surface area contributed by atoms with E-state index in [1.54, 1.807) is 0 Å². The van der Waals surface area contributed by atoms with Gasteiger partial charge in [0.1, 0.15) is 32.9 Å². The third kappa shape index (κ3) is 8.00. The van der Waals surface area contributed by atoms with Crippen molar-refractivity contribution in [3.63, 3.8) is 0 Å². The molecule has 6 nitrogen and oxygen atoms in total. The fourth-order valence-corrected chi connectivity index (χ4v) is 34.3. The van der Waals surface area contributed by atoms with Crippen LogP contribution in [0.15, 0.2) is 206 Å². The van der Waals surface area contributed by atoms with E-state index in [9.17, 15) is 0 Å². The fraction of sp³-hybridized carbons (Fsp3) is 0.182. The Morgan fingerprint density at radius 1 is 0.256 bits per heavy atom. The summed E-state index contributed by atoms with van der Waals surface area (Å²) in [6, 6.07) is 78.9. The summed E-state index contributed by atoms with van der Waals surface area (Å²) in [6.45, 7) is 30.2. The van der Waals surface area contributed by atoms with E-state index in [1.165, 1.54) is 101 Å². The van der Waals surface area contributed by atoms with Crippen molar-refractivity contribution in [2.75, 3.05) is 28.1 Å². The van der Waals surface area contributed by atoms with Crippen LogP contribution >= 0.6 is 0 Å². The molecule has 9 aromatic carbocycles. The molecule has 9 aromatic rings. The van der Waals surface area contributed by atoms with Crippen molar-refractivity contribution in [3.05, 3.63) is 206 Å². The molecule has 0 bridgehead atoms. The van der Waals surface area contributed by atoms with Gasteiger partial charge in [0, 0.05) is 79.6 Å². The summed E-state index contributed by atoms with van der Waals surface area (Å²) < 4.78 is 5.82. The minimum atomic E-state index is -1.94. The zero-order valence-electron chi connectivity index (χ0n) is 47.5. The Bertz CT molecular complexity index is 3530. The van der Waals surface area contributed by atoms with E-state index in [4.69, 9.17) is 0 Å². The van der Waals surface area contributed by atoms with Gasteiger partial charge in [-0.2, -0.15) is 0 Å². The Labute approximate surface area is 468 Å². The molecule has 0 aliphatic carbocycles. The zero-order valence-corrected chi connectivity index (χ0v) is 51.5. The van der Waals surface area contributed by atoms with Crippen LogP contribution in [-0.2, 0) is 0 Å². The molecule has 386 valence electrons. The minimum absolute atomic E-state index is 0.0530. The van der Waals surface area contributed by atoms with Crippen LogP contribution in [0.25, 0.3) is 0 Å². The predicted molar refractivity (Wildman–Crippen MR) is 353 cm³/mol. The summed E-state index contributed by atoms with van der Waals surface area (Å²) in [5, 5.41) is 0. The van der Waals surface area contributed by atoms with Crippen molar-refractivity contribution in [2.45, 2.75) is 78.6 Å². The molecule has 0 fully saturated rings. The number of fused-ring (bicyclic) bond motifs is 8. The van der Waals surface area contributed by atoms with Crippen molar-refractivity contribution in [2.24, 2.45) is 0 Å². The SMILES string of the molecule is C[Si](C)(C)N(c1cc2c3c(c1)N(c1ccccc1)c1cc4c(cc1B3c1ccccc1N2c1ccccc1)B1c2ccccc2N(c2ccccc2)c2cc(N([Si](C)(C)C)[Si](C)(C)C)cc(c21)N4c1ccccc1)[Si](C)(C)C. The molecule has 0 amide bonds. The molecule has 4 heterocycles. The van der Waals surface area contributed by atoms with E-state index in [1.807, 2.05) is 0 Å². The van der Waals surface area contributed by atoms with E-state index in [0.717, 1.165) is 11.4 Å². The van der Waals surface area contributed by atoms with E-state index < -0.39 is 32.9 Å². The lowest BCUT2D eigenvalue weighted by Crippen LogP contribution is -2.65. The molecule has 4 aliphatic rings. The molecular formula is C66H70B2N6Si4. The molecule has 0 atom stereocenters. The summed E-state index contributed by atoms with van der Waals surface area (Å²) in [4.78, 5) is 10.4. The normalized spacial score (nSPS) is 14.3. The van der Waals surface area contributed by atoms with Gasteiger partial charge in [-0.1, -0.05) is 194 Å². The number of hydrogen-bond acceptors (Lipinski definition) is 6. The highest BCUT2D eigenvalue weighted by atomic mass is 28.4. The van der Waals surface area contributed by atoms with E-state index in [0.29, 0.717) is 0 Å². The van der Waals surface area contributed by atoms with Crippen LogP contribution < -0.4 is 60.8 Å². The van der Waals surface area contributed by atoms with Gasteiger partial charge in [0.15, 0.2) is 0 Å².